The van der Waals surface area contributed by atoms with Crippen LogP contribution >= 0.6 is 15.9 Å². The van der Waals surface area contributed by atoms with Gasteiger partial charge in [-0.25, -0.2) is 4.39 Å². The van der Waals surface area contributed by atoms with Gasteiger partial charge in [0.2, 0.25) is 5.91 Å². The van der Waals surface area contributed by atoms with Crippen molar-refractivity contribution in [2.75, 3.05) is 17.2 Å². The van der Waals surface area contributed by atoms with Gasteiger partial charge in [0, 0.05) is 4.47 Å². The summed E-state index contributed by atoms with van der Waals surface area (Å²) in [6.07, 6.45) is 0. The van der Waals surface area contributed by atoms with Gasteiger partial charge >= 0.3 is 0 Å². The molecule has 106 valence electrons. The molecule has 0 bridgehead atoms. The third kappa shape index (κ3) is 4.04. The van der Waals surface area contributed by atoms with Crippen molar-refractivity contribution in [3.05, 3.63) is 58.3 Å². The molecule has 0 aromatic heterocycles. The zero-order valence-electron chi connectivity index (χ0n) is 10.9. The van der Waals surface area contributed by atoms with Crippen LogP contribution < -0.4 is 10.6 Å². The van der Waals surface area contributed by atoms with Crippen molar-refractivity contribution in [2.45, 2.75) is 0 Å². The molecular weight excluding hydrogens is 337 g/mol. The Morgan fingerprint density at radius 3 is 2.71 bits per heavy atom. The van der Waals surface area contributed by atoms with E-state index in [1.165, 1.54) is 12.1 Å². The van der Waals surface area contributed by atoms with Crippen molar-refractivity contribution >= 4 is 33.2 Å². The molecule has 0 fully saturated rings. The Balaban J connectivity index is 2.01. The second-order valence-electron chi connectivity index (χ2n) is 4.18. The standard InChI is InChI=1S/C15H11BrFN3O/c16-11-6-5-10(8-18)14(7-11)19-9-15(21)20-13-4-2-1-3-12(13)17/h1-7,19H,9H2,(H,20,21). The van der Waals surface area contributed by atoms with E-state index < -0.39 is 11.7 Å². The molecule has 0 aliphatic carbocycles. The fraction of sp³-hybridized carbons (Fsp3) is 0.0667. The first-order chi connectivity index (χ1) is 10.1. The predicted octanol–water partition coefficient (Wildman–Crippen LogP) is 3.51. The van der Waals surface area contributed by atoms with E-state index in [2.05, 4.69) is 26.6 Å². The second kappa shape index (κ2) is 6.86. The Bertz CT molecular complexity index is 712. The Morgan fingerprint density at radius 1 is 1.24 bits per heavy atom. The summed E-state index contributed by atoms with van der Waals surface area (Å²) in [7, 11) is 0. The van der Waals surface area contributed by atoms with Crippen molar-refractivity contribution in [2.24, 2.45) is 0 Å². The molecule has 4 nitrogen and oxygen atoms in total. The molecule has 1 amide bonds. The van der Waals surface area contributed by atoms with Crippen molar-refractivity contribution < 1.29 is 9.18 Å². The molecule has 0 aliphatic heterocycles. The summed E-state index contributed by atoms with van der Waals surface area (Å²) in [6, 6.07) is 13.0. The van der Waals surface area contributed by atoms with E-state index in [4.69, 9.17) is 5.26 Å². The fourth-order valence-electron chi connectivity index (χ4n) is 1.69. The lowest BCUT2D eigenvalue weighted by molar-refractivity contribution is -0.114. The first kappa shape index (κ1) is 15.0. The van der Waals surface area contributed by atoms with Crippen LogP contribution in [0.4, 0.5) is 15.8 Å². The zero-order valence-corrected chi connectivity index (χ0v) is 12.4. The molecule has 0 heterocycles. The highest BCUT2D eigenvalue weighted by atomic mass is 79.9. The Labute approximate surface area is 129 Å². The van der Waals surface area contributed by atoms with Crippen LogP contribution in [0.1, 0.15) is 5.56 Å². The maximum absolute atomic E-state index is 13.4. The maximum Gasteiger partial charge on any atom is 0.243 e. The van der Waals surface area contributed by atoms with Crippen LogP contribution in [-0.4, -0.2) is 12.5 Å². The minimum Gasteiger partial charge on any atom is -0.375 e. The summed E-state index contributed by atoms with van der Waals surface area (Å²) < 4.78 is 14.2. The van der Waals surface area contributed by atoms with E-state index in [1.807, 2.05) is 6.07 Å². The van der Waals surface area contributed by atoms with Crippen molar-refractivity contribution in [3.8, 4) is 6.07 Å². The number of rotatable bonds is 4. The molecule has 2 aromatic rings. The third-order valence-corrected chi connectivity index (χ3v) is 3.18. The van der Waals surface area contributed by atoms with Gasteiger partial charge < -0.3 is 10.6 Å². The Kier molecular flexibility index (Phi) is 4.90. The van der Waals surface area contributed by atoms with Crippen LogP contribution in [0.15, 0.2) is 46.9 Å². The summed E-state index contributed by atoms with van der Waals surface area (Å²) in [5, 5.41) is 14.3. The predicted molar refractivity (Wildman–Crippen MR) is 82.4 cm³/mol. The molecule has 0 saturated carbocycles. The molecule has 0 spiro atoms. The van der Waals surface area contributed by atoms with E-state index in [9.17, 15) is 9.18 Å². The number of amides is 1. The number of para-hydroxylation sites is 1. The topological polar surface area (TPSA) is 64.9 Å². The zero-order chi connectivity index (χ0) is 15.2. The first-order valence-electron chi connectivity index (χ1n) is 6.08. The van der Waals surface area contributed by atoms with Crippen LogP contribution in [-0.2, 0) is 4.79 Å². The number of carbonyl (C=O) groups excluding carboxylic acids is 1. The molecule has 2 N–H and O–H groups in total. The summed E-state index contributed by atoms with van der Waals surface area (Å²) >= 11 is 3.30. The fourth-order valence-corrected chi connectivity index (χ4v) is 2.05. The number of nitrogens with one attached hydrogen (secondary N) is 2. The largest absolute Gasteiger partial charge is 0.375 e. The normalized spacial score (nSPS) is 9.76. The number of anilines is 2. The van der Waals surface area contributed by atoms with E-state index in [0.717, 1.165) is 4.47 Å². The lowest BCUT2D eigenvalue weighted by atomic mass is 10.2. The smallest absolute Gasteiger partial charge is 0.243 e. The summed E-state index contributed by atoms with van der Waals surface area (Å²) in [4.78, 5) is 11.8. The Hall–Kier alpha value is -2.39. The molecule has 21 heavy (non-hydrogen) atoms. The van der Waals surface area contributed by atoms with Gasteiger partial charge in [-0.3, -0.25) is 4.79 Å². The van der Waals surface area contributed by atoms with Gasteiger partial charge in [0.15, 0.2) is 0 Å². The third-order valence-electron chi connectivity index (χ3n) is 2.69. The van der Waals surface area contributed by atoms with Crippen LogP contribution in [0.3, 0.4) is 0 Å². The highest BCUT2D eigenvalue weighted by molar-refractivity contribution is 9.10. The first-order valence-corrected chi connectivity index (χ1v) is 6.87. The molecule has 2 aromatic carbocycles. The van der Waals surface area contributed by atoms with Gasteiger partial charge in [-0.2, -0.15) is 5.26 Å². The SMILES string of the molecule is N#Cc1ccc(Br)cc1NCC(=O)Nc1ccccc1F. The lowest BCUT2D eigenvalue weighted by Crippen LogP contribution is -2.22. The van der Waals surface area contributed by atoms with Crippen LogP contribution in [0.25, 0.3) is 0 Å². The van der Waals surface area contributed by atoms with Crippen LogP contribution in [0.5, 0.6) is 0 Å². The molecule has 0 radical (unpaired) electrons. The van der Waals surface area contributed by atoms with Gasteiger partial charge in [-0.05, 0) is 30.3 Å². The number of carbonyl (C=O) groups is 1. The highest BCUT2D eigenvalue weighted by Crippen LogP contribution is 2.20. The van der Waals surface area contributed by atoms with E-state index in [0.29, 0.717) is 11.3 Å². The van der Waals surface area contributed by atoms with E-state index in [-0.39, 0.29) is 12.2 Å². The minimum atomic E-state index is -0.494. The molecule has 2 rings (SSSR count). The average molecular weight is 348 g/mol. The van der Waals surface area contributed by atoms with E-state index >= 15 is 0 Å². The quantitative estimate of drug-likeness (QED) is 0.889. The number of nitriles is 1. The van der Waals surface area contributed by atoms with Gasteiger partial charge in [0.25, 0.3) is 0 Å². The monoisotopic (exact) mass is 347 g/mol. The lowest BCUT2D eigenvalue weighted by Gasteiger charge is -2.10. The number of hydrogen-bond donors (Lipinski definition) is 2. The average Bonchev–Trinajstić information content (AvgIpc) is 2.48. The van der Waals surface area contributed by atoms with Gasteiger partial charge in [-0.1, -0.05) is 28.1 Å². The van der Waals surface area contributed by atoms with Gasteiger partial charge in [0.1, 0.15) is 11.9 Å². The minimum absolute atomic E-state index is 0.0700. The number of benzene rings is 2. The molecule has 0 aliphatic rings. The highest BCUT2D eigenvalue weighted by Gasteiger charge is 2.08. The molecule has 0 atom stereocenters. The van der Waals surface area contributed by atoms with Crippen molar-refractivity contribution in [1.82, 2.24) is 0 Å². The number of halogens is 2. The second-order valence-corrected chi connectivity index (χ2v) is 5.10. The van der Waals surface area contributed by atoms with E-state index in [1.54, 1.807) is 30.3 Å². The number of hydrogen-bond acceptors (Lipinski definition) is 3. The molecule has 6 heteroatoms. The van der Waals surface area contributed by atoms with Crippen LogP contribution in [0, 0.1) is 17.1 Å². The summed E-state index contributed by atoms with van der Waals surface area (Å²) in [5.41, 5.74) is 1.09. The van der Waals surface area contributed by atoms with Gasteiger partial charge in [-0.15, -0.1) is 0 Å². The number of nitrogens with zero attached hydrogens (tertiary/aromatic N) is 1. The molecule has 0 unspecified atom stereocenters. The maximum atomic E-state index is 13.4. The Morgan fingerprint density at radius 2 is 2.00 bits per heavy atom. The summed E-state index contributed by atoms with van der Waals surface area (Å²) in [5.74, 6) is -0.894. The van der Waals surface area contributed by atoms with Crippen LogP contribution in [0.2, 0.25) is 0 Å². The van der Waals surface area contributed by atoms with Gasteiger partial charge in [0.05, 0.1) is 23.5 Å². The summed E-state index contributed by atoms with van der Waals surface area (Å²) in [6.45, 7) is -0.0700. The molecular formula is C15H11BrFN3O. The molecule has 0 saturated heterocycles. The van der Waals surface area contributed by atoms with Crippen molar-refractivity contribution in [3.63, 3.8) is 0 Å². The van der Waals surface area contributed by atoms with Crippen molar-refractivity contribution in [1.29, 1.82) is 5.26 Å².